The van der Waals surface area contributed by atoms with Crippen LogP contribution in [0.4, 0.5) is 46.8 Å². The topological polar surface area (TPSA) is 82.2 Å². The number of carbonyl (C=O) groups is 1. The zero-order valence-electron chi connectivity index (χ0n) is 18.9. The summed E-state index contributed by atoms with van der Waals surface area (Å²) in [5.41, 5.74) is -1.84. The normalized spacial score (nSPS) is 11.1. The molecule has 0 bridgehead atoms. The predicted octanol–water partition coefficient (Wildman–Crippen LogP) is 6.63. The summed E-state index contributed by atoms with van der Waals surface area (Å²) in [6, 6.07) is 13.8. The Morgan fingerprint density at radius 3 is 1.97 bits per heavy atom. The van der Waals surface area contributed by atoms with Gasteiger partial charge in [-0.15, -0.1) is 0 Å². The molecule has 2 aromatic carbocycles. The van der Waals surface area contributed by atoms with Crippen molar-refractivity contribution in [3.8, 4) is 0 Å². The molecule has 7 nitrogen and oxygen atoms in total. The highest BCUT2D eigenvalue weighted by Gasteiger charge is 2.29. The highest BCUT2D eigenvalue weighted by Crippen LogP contribution is 2.37. The fraction of sp³-hybridized carbons (Fsp3) is 0.261. The standard InChI is InChI=1S/C23H25F3N6OS/c1-4-32(5-2)20-14-15(3)27-21(31-20)28-16-6-8-17(9-7-16)29-22(33)30-18-10-12-19(13-11-18)34-23(24,25)26/h6-14H,4-5H2,1-3H3,(H,27,28,31)(H2,29,30,33). The van der Waals surface area contributed by atoms with E-state index in [0.717, 1.165) is 30.3 Å². The first kappa shape index (κ1) is 25.2. The lowest BCUT2D eigenvalue weighted by Crippen LogP contribution is -2.23. The molecular formula is C23H25F3N6OS. The number of anilines is 5. The van der Waals surface area contributed by atoms with E-state index < -0.39 is 11.5 Å². The monoisotopic (exact) mass is 490 g/mol. The van der Waals surface area contributed by atoms with E-state index in [1.807, 2.05) is 13.0 Å². The molecule has 2 amide bonds. The Kier molecular flexibility index (Phi) is 8.21. The second-order valence-corrected chi connectivity index (χ2v) is 8.36. The molecule has 0 fully saturated rings. The van der Waals surface area contributed by atoms with Crippen molar-refractivity contribution in [1.29, 1.82) is 0 Å². The number of aryl methyl sites for hydroxylation is 1. The maximum atomic E-state index is 12.4. The van der Waals surface area contributed by atoms with Gasteiger partial charge in [0.2, 0.25) is 5.95 Å². The zero-order valence-corrected chi connectivity index (χ0v) is 19.7. The van der Waals surface area contributed by atoms with Crippen molar-refractivity contribution in [2.45, 2.75) is 31.2 Å². The molecule has 11 heteroatoms. The van der Waals surface area contributed by atoms with E-state index in [1.165, 1.54) is 24.3 Å². The Hall–Kier alpha value is -3.47. The van der Waals surface area contributed by atoms with Crippen molar-refractivity contribution in [3.05, 3.63) is 60.3 Å². The first-order valence-electron chi connectivity index (χ1n) is 10.6. The molecule has 1 aromatic heterocycles. The number of carbonyl (C=O) groups excluding carboxylic acids is 1. The third-order valence-corrected chi connectivity index (χ3v) is 5.41. The molecular weight excluding hydrogens is 465 g/mol. The van der Waals surface area contributed by atoms with Gasteiger partial charge < -0.3 is 20.9 Å². The maximum absolute atomic E-state index is 12.4. The van der Waals surface area contributed by atoms with E-state index in [4.69, 9.17) is 0 Å². The Balaban J connectivity index is 1.58. The summed E-state index contributed by atoms with van der Waals surface area (Å²) in [5.74, 6) is 1.33. The second-order valence-electron chi connectivity index (χ2n) is 7.22. The molecule has 0 radical (unpaired) electrons. The van der Waals surface area contributed by atoms with Gasteiger partial charge in [-0.3, -0.25) is 0 Å². The molecule has 0 aliphatic heterocycles. The molecule has 0 saturated carbocycles. The van der Waals surface area contributed by atoms with Crippen molar-refractivity contribution >= 4 is 46.6 Å². The van der Waals surface area contributed by atoms with Crippen LogP contribution in [0.5, 0.6) is 0 Å². The van der Waals surface area contributed by atoms with Crippen molar-refractivity contribution in [3.63, 3.8) is 0 Å². The lowest BCUT2D eigenvalue weighted by molar-refractivity contribution is -0.0328. The van der Waals surface area contributed by atoms with Crippen LogP contribution in [0.25, 0.3) is 0 Å². The molecule has 3 aromatic rings. The number of urea groups is 1. The number of hydrogen-bond donors (Lipinski definition) is 3. The van der Waals surface area contributed by atoms with Gasteiger partial charge in [0.05, 0.1) is 0 Å². The first-order valence-corrected chi connectivity index (χ1v) is 11.4. The van der Waals surface area contributed by atoms with Crippen molar-refractivity contribution in [1.82, 2.24) is 9.97 Å². The summed E-state index contributed by atoms with van der Waals surface area (Å²) in [4.78, 5) is 23.4. The number of hydrogen-bond acceptors (Lipinski definition) is 6. The SMILES string of the molecule is CCN(CC)c1cc(C)nc(Nc2ccc(NC(=O)Nc3ccc(SC(F)(F)F)cc3)cc2)n1. The summed E-state index contributed by atoms with van der Waals surface area (Å²) in [5, 5.41) is 8.44. The first-order chi connectivity index (χ1) is 16.1. The van der Waals surface area contributed by atoms with Gasteiger partial charge in [-0.25, -0.2) is 9.78 Å². The minimum atomic E-state index is -4.35. The Morgan fingerprint density at radius 1 is 0.912 bits per heavy atom. The van der Waals surface area contributed by atoms with Crippen LogP contribution < -0.4 is 20.9 Å². The molecule has 180 valence electrons. The molecule has 0 aliphatic rings. The fourth-order valence-electron chi connectivity index (χ4n) is 3.12. The maximum Gasteiger partial charge on any atom is 0.446 e. The van der Waals surface area contributed by atoms with Crippen LogP contribution in [0.3, 0.4) is 0 Å². The van der Waals surface area contributed by atoms with E-state index in [2.05, 4.69) is 44.7 Å². The summed E-state index contributed by atoms with van der Waals surface area (Å²) in [6.07, 6.45) is 0. The lowest BCUT2D eigenvalue weighted by Gasteiger charge is -2.20. The second kappa shape index (κ2) is 11.1. The van der Waals surface area contributed by atoms with Crippen LogP contribution in [0.2, 0.25) is 0 Å². The van der Waals surface area contributed by atoms with Gasteiger partial charge in [0.15, 0.2) is 0 Å². The highest BCUT2D eigenvalue weighted by atomic mass is 32.2. The summed E-state index contributed by atoms with van der Waals surface area (Å²) in [6.45, 7) is 7.72. The van der Waals surface area contributed by atoms with Gasteiger partial charge in [-0.1, -0.05) is 0 Å². The molecule has 0 spiro atoms. The predicted molar refractivity (Wildman–Crippen MR) is 131 cm³/mol. The van der Waals surface area contributed by atoms with E-state index in [9.17, 15) is 18.0 Å². The Morgan fingerprint density at radius 2 is 1.44 bits per heavy atom. The summed E-state index contributed by atoms with van der Waals surface area (Å²) >= 11 is -0.208. The Bertz CT molecular complexity index is 1100. The number of rotatable bonds is 8. The number of amides is 2. The number of nitrogens with one attached hydrogen (secondary N) is 3. The minimum absolute atomic E-state index is 0.0448. The van der Waals surface area contributed by atoms with E-state index in [1.54, 1.807) is 24.3 Å². The van der Waals surface area contributed by atoms with Crippen molar-refractivity contribution < 1.29 is 18.0 Å². The smallest absolute Gasteiger partial charge is 0.357 e. The van der Waals surface area contributed by atoms with Gasteiger partial charge in [0.25, 0.3) is 0 Å². The van der Waals surface area contributed by atoms with Crippen LogP contribution in [-0.2, 0) is 0 Å². The minimum Gasteiger partial charge on any atom is -0.357 e. The quantitative estimate of drug-likeness (QED) is 0.308. The van der Waals surface area contributed by atoms with E-state index >= 15 is 0 Å². The van der Waals surface area contributed by atoms with Gasteiger partial charge in [-0.2, -0.15) is 18.2 Å². The third-order valence-electron chi connectivity index (χ3n) is 4.67. The molecule has 3 N–H and O–H groups in total. The van der Waals surface area contributed by atoms with Gasteiger partial charge in [-0.05, 0) is 81.1 Å². The number of nitrogens with zero attached hydrogens (tertiary/aromatic N) is 3. The number of alkyl halides is 3. The molecule has 0 unspecified atom stereocenters. The molecule has 0 aliphatic carbocycles. The zero-order chi connectivity index (χ0) is 24.7. The number of aromatic nitrogens is 2. The number of benzene rings is 2. The third kappa shape index (κ3) is 7.55. The van der Waals surface area contributed by atoms with Crippen LogP contribution in [0, 0.1) is 6.92 Å². The molecule has 3 rings (SSSR count). The highest BCUT2D eigenvalue weighted by molar-refractivity contribution is 8.00. The number of halogens is 3. The molecule has 1 heterocycles. The van der Waals surface area contributed by atoms with Gasteiger partial charge in [0.1, 0.15) is 5.82 Å². The van der Waals surface area contributed by atoms with Gasteiger partial charge >= 0.3 is 11.5 Å². The summed E-state index contributed by atoms with van der Waals surface area (Å²) in [7, 11) is 0. The Labute approximate surface area is 200 Å². The molecule has 0 atom stereocenters. The number of thioether (sulfide) groups is 1. The average molecular weight is 491 g/mol. The lowest BCUT2D eigenvalue weighted by atomic mass is 10.3. The largest absolute Gasteiger partial charge is 0.446 e. The van der Waals surface area contributed by atoms with Gasteiger partial charge in [0, 0.05) is 46.8 Å². The fourth-order valence-corrected chi connectivity index (χ4v) is 3.66. The van der Waals surface area contributed by atoms with Crippen LogP contribution in [-0.4, -0.2) is 34.6 Å². The van der Waals surface area contributed by atoms with E-state index in [0.29, 0.717) is 17.3 Å². The van der Waals surface area contributed by atoms with Crippen molar-refractivity contribution in [2.24, 2.45) is 0 Å². The van der Waals surface area contributed by atoms with Crippen LogP contribution in [0.15, 0.2) is 59.5 Å². The van der Waals surface area contributed by atoms with E-state index in [-0.39, 0.29) is 16.7 Å². The summed E-state index contributed by atoms with van der Waals surface area (Å²) < 4.78 is 37.2. The average Bonchev–Trinajstić information content (AvgIpc) is 2.76. The molecule has 34 heavy (non-hydrogen) atoms. The van der Waals surface area contributed by atoms with Crippen molar-refractivity contribution in [2.75, 3.05) is 33.9 Å². The van der Waals surface area contributed by atoms with Crippen LogP contribution in [0.1, 0.15) is 19.5 Å². The van der Waals surface area contributed by atoms with Crippen LogP contribution >= 0.6 is 11.8 Å². The molecule has 0 saturated heterocycles.